The molecule has 2 saturated heterocycles. The van der Waals surface area contributed by atoms with Crippen molar-refractivity contribution in [1.29, 1.82) is 0 Å². The van der Waals surface area contributed by atoms with E-state index in [1.807, 2.05) is 0 Å². The fourth-order valence-corrected chi connectivity index (χ4v) is 1.47. The van der Waals surface area contributed by atoms with Gasteiger partial charge >= 0.3 is 0 Å². The summed E-state index contributed by atoms with van der Waals surface area (Å²) >= 11 is 3.33. The summed E-state index contributed by atoms with van der Waals surface area (Å²) in [6.45, 7) is 4.78. The summed E-state index contributed by atoms with van der Waals surface area (Å²) in [5.41, 5.74) is 0. The molecule has 0 bridgehead atoms. The zero-order chi connectivity index (χ0) is 13.1. The predicted octanol–water partition coefficient (Wildman–Crippen LogP) is 0.971. The summed E-state index contributed by atoms with van der Waals surface area (Å²) < 4.78 is 20.4. The molecule has 0 aromatic carbocycles. The third kappa shape index (κ3) is 7.66. The molecule has 2 aliphatic heterocycles. The van der Waals surface area contributed by atoms with Gasteiger partial charge in [-0.05, 0) is 12.8 Å². The lowest BCUT2D eigenvalue weighted by molar-refractivity contribution is -0.130. The van der Waals surface area contributed by atoms with Gasteiger partial charge < -0.3 is 24.1 Å². The maximum atomic E-state index is 8.36. The normalized spacial score (nSPS) is 19.7. The summed E-state index contributed by atoms with van der Waals surface area (Å²) in [4.78, 5) is 0. The molecule has 2 fully saturated rings. The van der Waals surface area contributed by atoms with Gasteiger partial charge in [0.05, 0.1) is 26.4 Å². The van der Waals surface area contributed by atoms with E-state index in [1.165, 1.54) is 0 Å². The molecule has 0 radical (unpaired) electrons. The lowest BCUT2D eigenvalue weighted by Crippen LogP contribution is -2.36. The van der Waals surface area contributed by atoms with Crippen LogP contribution in [0, 0.1) is 0 Å². The van der Waals surface area contributed by atoms with E-state index in [0.29, 0.717) is 18.8 Å². The molecule has 0 aromatic rings. The second-order valence-corrected chi connectivity index (χ2v) is 4.97. The van der Waals surface area contributed by atoms with E-state index in [0.717, 1.165) is 51.2 Å². The number of ether oxygens (including phenoxy) is 4. The van der Waals surface area contributed by atoms with Crippen LogP contribution in [0.5, 0.6) is 0 Å². The second kappa shape index (κ2) is 11.1. The summed E-state index contributed by atoms with van der Waals surface area (Å²) in [5.74, 6) is 0. The van der Waals surface area contributed by atoms with Crippen molar-refractivity contribution in [3.8, 4) is 0 Å². The van der Waals surface area contributed by atoms with Crippen LogP contribution in [0.15, 0.2) is 0 Å². The smallest absolute Gasteiger partial charge is 0.104 e. The van der Waals surface area contributed by atoms with E-state index in [2.05, 4.69) is 15.9 Å². The highest BCUT2D eigenvalue weighted by atomic mass is 79.9. The third-order valence-electron chi connectivity index (χ3n) is 2.50. The Morgan fingerprint density at radius 3 is 1.78 bits per heavy atom. The molecule has 0 unspecified atom stereocenters. The quantitative estimate of drug-likeness (QED) is 0.532. The first-order valence-electron chi connectivity index (χ1n) is 6.42. The first-order valence-corrected chi connectivity index (χ1v) is 7.54. The fourth-order valence-electron chi connectivity index (χ4n) is 1.24. The van der Waals surface area contributed by atoms with Crippen molar-refractivity contribution < 1.29 is 24.1 Å². The molecule has 5 nitrogen and oxygen atoms in total. The van der Waals surface area contributed by atoms with Crippen molar-refractivity contribution >= 4 is 15.9 Å². The van der Waals surface area contributed by atoms with Gasteiger partial charge in [0, 0.05) is 25.2 Å². The third-order valence-corrected chi connectivity index (χ3v) is 3.06. The molecule has 0 aliphatic carbocycles. The number of aliphatic hydroxyl groups is 1. The molecule has 2 aliphatic rings. The van der Waals surface area contributed by atoms with Crippen LogP contribution in [0.3, 0.4) is 0 Å². The molecule has 2 heterocycles. The first-order chi connectivity index (χ1) is 8.86. The van der Waals surface area contributed by atoms with Gasteiger partial charge in [0.1, 0.15) is 12.2 Å². The Morgan fingerprint density at radius 1 is 0.944 bits per heavy atom. The zero-order valence-corrected chi connectivity index (χ0v) is 12.3. The lowest BCUT2D eigenvalue weighted by Gasteiger charge is -2.25. The lowest BCUT2D eigenvalue weighted by atomic mass is 10.3. The van der Waals surface area contributed by atoms with Gasteiger partial charge in [0.2, 0.25) is 0 Å². The number of hydrogen-bond acceptors (Lipinski definition) is 5. The molecule has 0 atom stereocenters. The van der Waals surface area contributed by atoms with E-state index >= 15 is 0 Å². The Morgan fingerprint density at radius 2 is 1.44 bits per heavy atom. The van der Waals surface area contributed by atoms with Crippen molar-refractivity contribution in [2.45, 2.75) is 25.0 Å². The molecule has 1 N–H and O–H groups in total. The Hall–Kier alpha value is 0.280. The highest BCUT2D eigenvalue weighted by Gasteiger charge is 2.18. The van der Waals surface area contributed by atoms with Crippen LogP contribution in [0.2, 0.25) is 0 Å². The van der Waals surface area contributed by atoms with Gasteiger partial charge in [-0.2, -0.15) is 0 Å². The first kappa shape index (κ1) is 16.3. The maximum Gasteiger partial charge on any atom is 0.104 e. The standard InChI is InChI=1S/C6H11BrO2.C6H12O3/c2*7-2-1-3-9-6-4-8-5-6/h6H,1-5H2;6-7H,1-5H2. The van der Waals surface area contributed by atoms with Gasteiger partial charge in [-0.15, -0.1) is 0 Å². The summed E-state index contributed by atoms with van der Waals surface area (Å²) in [5, 5.41) is 9.39. The van der Waals surface area contributed by atoms with E-state index in [4.69, 9.17) is 24.1 Å². The fraction of sp³-hybridized carbons (Fsp3) is 1.00. The van der Waals surface area contributed by atoms with E-state index in [-0.39, 0.29) is 6.61 Å². The minimum atomic E-state index is 0.216. The van der Waals surface area contributed by atoms with Gasteiger partial charge in [-0.3, -0.25) is 0 Å². The Labute approximate surface area is 117 Å². The topological polar surface area (TPSA) is 57.2 Å². The van der Waals surface area contributed by atoms with E-state index in [9.17, 15) is 0 Å². The average molecular weight is 327 g/mol. The summed E-state index contributed by atoms with van der Waals surface area (Å²) in [6.07, 6.45) is 2.52. The molecule has 0 saturated carbocycles. The molecule has 18 heavy (non-hydrogen) atoms. The monoisotopic (exact) mass is 326 g/mol. The summed E-state index contributed by atoms with van der Waals surface area (Å²) in [7, 11) is 0. The number of hydrogen-bond donors (Lipinski definition) is 1. The zero-order valence-electron chi connectivity index (χ0n) is 10.7. The van der Waals surface area contributed by atoms with Crippen LogP contribution < -0.4 is 0 Å². The van der Waals surface area contributed by atoms with Crippen LogP contribution in [-0.2, 0) is 18.9 Å². The molecular weight excluding hydrogens is 304 g/mol. The Balaban J connectivity index is 0.000000180. The van der Waals surface area contributed by atoms with Crippen LogP contribution in [0.25, 0.3) is 0 Å². The number of alkyl halides is 1. The molecular formula is C12H23BrO5. The maximum absolute atomic E-state index is 8.36. The minimum absolute atomic E-state index is 0.216. The number of aliphatic hydroxyl groups excluding tert-OH is 1. The van der Waals surface area contributed by atoms with Crippen LogP contribution in [-0.4, -0.2) is 68.9 Å². The Kier molecular flexibility index (Phi) is 10.1. The molecule has 0 spiro atoms. The highest BCUT2D eigenvalue weighted by molar-refractivity contribution is 9.09. The van der Waals surface area contributed by atoms with Crippen molar-refractivity contribution in [1.82, 2.24) is 0 Å². The SMILES string of the molecule is BrCCCOC1COC1.OCCCOC1COC1. The molecule has 2 rings (SSSR count). The second-order valence-electron chi connectivity index (χ2n) is 4.18. The van der Waals surface area contributed by atoms with Crippen LogP contribution in [0.4, 0.5) is 0 Å². The highest BCUT2D eigenvalue weighted by Crippen LogP contribution is 2.05. The molecule has 0 aromatic heterocycles. The van der Waals surface area contributed by atoms with Crippen molar-refractivity contribution in [2.24, 2.45) is 0 Å². The van der Waals surface area contributed by atoms with E-state index < -0.39 is 0 Å². The van der Waals surface area contributed by atoms with Crippen molar-refractivity contribution in [3.63, 3.8) is 0 Å². The molecule has 108 valence electrons. The van der Waals surface area contributed by atoms with Gasteiger partial charge in [0.15, 0.2) is 0 Å². The average Bonchev–Trinajstić information content (AvgIpc) is 2.26. The van der Waals surface area contributed by atoms with Gasteiger partial charge in [-0.1, -0.05) is 15.9 Å². The van der Waals surface area contributed by atoms with Crippen molar-refractivity contribution in [3.05, 3.63) is 0 Å². The van der Waals surface area contributed by atoms with Crippen LogP contribution >= 0.6 is 15.9 Å². The predicted molar refractivity (Wildman–Crippen MR) is 71.2 cm³/mol. The largest absolute Gasteiger partial charge is 0.396 e. The Bertz CT molecular complexity index is 165. The van der Waals surface area contributed by atoms with E-state index in [1.54, 1.807) is 0 Å². The molecule has 0 amide bonds. The minimum Gasteiger partial charge on any atom is -0.396 e. The van der Waals surface area contributed by atoms with Crippen molar-refractivity contribution in [2.75, 3.05) is 51.6 Å². The van der Waals surface area contributed by atoms with Gasteiger partial charge in [0.25, 0.3) is 0 Å². The van der Waals surface area contributed by atoms with Crippen LogP contribution in [0.1, 0.15) is 12.8 Å². The van der Waals surface area contributed by atoms with Gasteiger partial charge in [-0.25, -0.2) is 0 Å². The number of halogens is 1. The summed E-state index contributed by atoms with van der Waals surface area (Å²) in [6, 6.07) is 0. The number of rotatable bonds is 8. The molecule has 6 heteroatoms.